The fraction of sp³-hybridized carbons (Fsp3) is 1.00. The van der Waals surface area contributed by atoms with Gasteiger partial charge in [0.05, 0.1) is 0 Å². The van der Waals surface area contributed by atoms with E-state index in [0.29, 0.717) is 5.41 Å². The minimum absolute atomic E-state index is 0.665. The molecule has 2 atom stereocenters. The first-order valence-electron chi connectivity index (χ1n) is 9.17. The Labute approximate surface area is 125 Å². The van der Waals surface area contributed by atoms with E-state index >= 15 is 0 Å². The van der Waals surface area contributed by atoms with Crippen molar-refractivity contribution in [1.82, 2.24) is 9.80 Å². The molecule has 1 saturated carbocycles. The molecule has 0 N–H and O–H groups in total. The molecule has 0 aromatic rings. The average molecular weight is 278 g/mol. The molecule has 0 bridgehead atoms. The van der Waals surface area contributed by atoms with Gasteiger partial charge in [-0.1, -0.05) is 26.2 Å². The summed E-state index contributed by atoms with van der Waals surface area (Å²) in [6.45, 7) is 11.7. The van der Waals surface area contributed by atoms with E-state index in [2.05, 4.69) is 23.6 Å². The van der Waals surface area contributed by atoms with Crippen molar-refractivity contribution in [3.63, 3.8) is 0 Å². The molecule has 3 rings (SSSR count). The Morgan fingerprint density at radius 1 is 1.05 bits per heavy atom. The Kier molecular flexibility index (Phi) is 4.72. The molecule has 2 heteroatoms. The quantitative estimate of drug-likeness (QED) is 0.772. The van der Waals surface area contributed by atoms with Gasteiger partial charge in [0.2, 0.25) is 0 Å². The Balaban J connectivity index is 1.49. The standard InChI is InChI=1S/C18H34N2/c1-3-16(2)20-12-10-18(15-20)9-11-19(14-18)13-17-7-5-4-6-8-17/h16-17H,3-15H2,1-2H3. The van der Waals surface area contributed by atoms with Crippen LogP contribution in [0.25, 0.3) is 0 Å². The van der Waals surface area contributed by atoms with Crippen LogP contribution in [0.1, 0.15) is 65.2 Å². The van der Waals surface area contributed by atoms with E-state index in [1.54, 1.807) is 0 Å². The SMILES string of the molecule is CCC(C)N1CCC2(CCN(CC3CCCCC3)C2)C1. The van der Waals surface area contributed by atoms with Crippen LogP contribution in [0.2, 0.25) is 0 Å². The van der Waals surface area contributed by atoms with Crippen LogP contribution in [0, 0.1) is 11.3 Å². The van der Waals surface area contributed by atoms with Crippen molar-refractivity contribution >= 4 is 0 Å². The maximum atomic E-state index is 2.82. The highest BCUT2D eigenvalue weighted by Gasteiger charge is 2.44. The first-order valence-corrected chi connectivity index (χ1v) is 9.17. The Morgan fingerprint density at radius 2 is 1.80 bits per heavy atom. The smallest absolute Gasteiger partial charge is 0.00645 e. The summed E-state index contributed by atoms with van der Waals surface area (Å²) in [5.74, 6) is 1.02. The van der Waals surface area contributed by atoms with Gasteiger partial charge in [0.1, 0.15) is 0 Å². The van der Waals surface area contributed by atoms with Gasteiger partial charge in [-0.25, -0.2) is 0 Å². The Hall–Kier alpha value is -0.0800. The molecule has 1 aliphatic carbocycles. The highest BCUT2D eigenvalue weighted by Crippen LogP contribution is 2.41. The summed E-state index contributed by atoms with van der Waals surface area (Å²) in [5, 5.41) is 0. The number of likely N-dealkylation sites (tertiary alicyclic amines) is 2. The normalized spacial score (nSPS) is 35.1. The summed E-state index contributed by atoms with van der Waals surface area (Å²) >= 11 is 0. The largest absolute Gasteiger partial charge is 0.302 e. The zero-order chi connectivity index (χ0) is 14.0. The summed E-state index contributed by atoms with van der Waals surface area (Å²) in [6, 6.07) is 0.793. The lowest BCUT2D eigenvalue weighted by atomic mass is 9.86. The first-order chi connectivity index (χ1) is 9.71. The average Bonchev–Trinajstić information content (AvgIpc) is 3.07. The minimum Gasteiger partial charge on any atom is -0.302 e. The number of hydrogen-bond acceptors (Lipinski definition) is 2. The molecule has 2 aliphatic heterocycles. The highest BCUT2D eigenvalue weighted by molar-refractivity contribution is 4.98. The molecule has 3 aliphatic rings. The molecule has 20 heavy (non-hydrogen) atoms. The van der Waals surface area contributed by atoms with Gasteiger partial charge in [-0.3, -0.25) is 0 Å². The van der Waals surface area contributed by atoms with Gasteiger partial charge in [0, 0.05) is 25.7 Å². The van der Waals surface area contributed by atoms with Gasteiger partial charge in [-0.05, 0) is 63.5 Å². The number of rotatable bonds is 4. The van der Waals surface area contributed by atoms with E-state index in [9.17, 15) is 0 Å². The molecule has 2 nitrogen and oxygen atoms in total. The van der Waals surface area contributed by atoms with Gasteiger partial charge >= 0.3 is 0 Å². The van der Waals surface area contributed by atoms with Crippen LogP contribution < -0.4 is 0 Å². The van der Waals surface area contributed by atoms with E-state index < -0.39 is 0 Å². The maximum Gasteiger partial charge on any atom is 0.00645 e. The second kappa shape index (κ2) is 6.36. The third kappa shape index (κ3) is 3.22. The molecule has 0 radical (unpaired) electrons. The van der Waals surface area contributed by atoms with Gasteiger partial charge < -0.3 is 9.80 Å². The third-order valence-corrected chi connectivity index (χ3v) is 6.44. The lowest BCUT2D eigenvalue weighted by Crippen LogP contribution is -2.36. The summed E-state index contributed by atoms with van der Waals surface area (Å²) in [5.41, 5.74) is 0.665. The molecule has 2 heterocycles. The molecular weight excluding hydrogens is 244 g/mol. The molecule has 3 fully saturated rings. The monoisotopic (exact) mass is 278 g/mol. The molecule has 1 spiro atoms. The molecule has 116 valence electrons. The van der Waals surface area contributed by atoms with E-state index in [0.717, 1.165) is 12.0 Å². The van der Waals surface area contributed by atoms with Crippen molar-refractivity contribution in [2.24, 2.45) is 11.3 Å². The fourth-order valence-corrected chi connectivity index (χ4v) is 4.86. The summed E-state index contributed by atoms with van der Waals surface area (Å²) in [4.78, 5) is 5.57. The lowest BCUT2D eigenvalue weighted by molar-refractivity contribution is 0.187. The second-order valence-electron chi connectivity index (χ2n) is 7.97. The molecule has 2 saturated heterocycles. The number of nitrogens with zero attached hydrogens (tertiary/aromatic N) is 2. The van der Waals surface area contributed by atoms with Gasteiger partial charge in [-0.15, -0.1) is 0 Å². The van der Waals surface area contributed by atoms with Crippen molar-refractivity contribution in [2.75, 3.05) is 32.7 Å². The van der Waals surface area contributed by atoms with Gasteiger partial charge in [0.15, 0.2) is 0 Å². The summed E-state index contributed by atoms with van der Waals surface area (Å²) < 4.78 is 0. The zero-order valence-electron chi connectivity index (χ0n) is 13.7. The van der Waals surface area contributed by atoms with Crippen LogP contribution in [-0.2, 0) is 0 Å². The van der Waals surface area contributed by atoms with Crippen LogP contribution >= 0.6 is 0 Å². The van der Waals surface area contributed by atoms with Crippen LogP contribution in [0.5, 0.6) is 0 Å². The van der Waals surface area contributed by atoms with Crippen LogP contribution in [0.15, 0.2) is 0 Å². The van der Waals surface area contributed by atoms with Crippen molar-refractivity contribution < 1.29 is 0 Å². The Bertz CT molecular complexity index is 311. The molecular formula is C18H34N2. The van der Waals surface area contributed by atoms with Crippen molar-refractivity contribution in [1.29, 1.82) is 0 Å². The van der Waals surface area contributed by atoms with E-state index in [1.807, 2.05) is 0 Å². The van der Waals surface area contributed by atoms with Crippen molar-refractivity contribution in [3.05, 3.63) is 0 Å². The number of hydrogen-bond donors (Lipinski definition) is 0. The molecule has 0 amide bonds. The topological polar surface area (TPSA) is 6.48 Å². The molecule has 0 aromatic carbocycles. The highest BCUT2D eigenvalue weighted by atomic mass is 15.2. The maximum absolute atomic E-state index is 2.82. The van der Waals surface area contributed by atoms with E-state index in [4.69, 9.17) is 0 Å². The van der Waals surface area contributed by atoms with Crippen LogP contribution in [0.3, 0.4) is 0 Å². The van der Waals surface area contributed by atoms with Gasteiger partial charge in [0.25, 0.3) is 0 Å². The predicted octanol–water partition coefficient (Wildman–Crippen LogP) is 3.76. The first kappa shape index (κ1) is 14.8. The molecule has 0 aromatic heterocycles. The second-order valence-corrected chi connectivity index (χ2v) is 7.97. The van der Waals surface area contributed by atoms with Crippen LogP contribution in [-0.4, -0.2) is 48.6 Å². The fourth-order valence-electron chi connectivity index (χ4n) is 4.86. The van der Waals surface area contributed by atoms with Crippen LogP contribution in [0.4, 0.5) is 0 Å². The van der Waals surface area contributed by atoms with E-state index in [1.165, 1.54) is 84.1 Å². The van der Waals surface area contributed by atoms with Gasteiger partial charge in [-0.2, -0.15) is 0 Å². The predicted molar refractivity (Wildman–Crippen MR) is 86.0 cm³/mol. The van der Waals surface area contributed by atoms with Crippen molar-refractivity contribution in [2.45, 2.75) is 71.3 Å². The molecule has 2 unspecified atom stereocenters. The Morgan fingerprint density at radius 3 is 2.55 bits per heavy atom. The van der Waals surface area contributed by atoms with Crippen molar-refractivity contribution in [3.8, 4) is 0 Å². The van der Waals surface area contributed by atoms with E-state index in [-0.39, 0.29) is 0 Å². The third-order valence-electron chi connectivity index (χ3n) is 6.44. The minimum atomic E-state index is 0.665. The zero-order valence-corrected chi connectivity index (χ0v) is 13.7. The summed E-state index contributed by atoms with van der Waals surface area (Å²) in [6.07, 6.45) is 11.7. The summed E-state index contributed by atoms with van der Waals surface area (Å²) in [7, 11) is 0. The lowest BCUT2D eigenvalue weighted by Gasteiger charge is -2.30.